The molecule has 0 spiro atoms. The third-order valence-corrected chi connectivity index (χ3v) is 6.40. The number of benzene rings is 1. The van der Waals surface area contributed by atoms with Crippen LogP contribution in [0.5, 0.6) is 0 Å². The highest BCUT2D eigenvalue weighted by Gasteiger charge is 2.37. The maximum Gasteiger partial charge on any atom is 0.238 e. The van der Waals surface area contributed by atoms with Crippen molar-refractivity contribution in [2.24, 2.45) is 0 Å². The Morgan fingerprint density at radius 2 is 2.00 bits per heavy atom. The van der Waals surface area contributed by atoms with Crippen LogP contribution in [0.1, 0.15) is 24.8 Å². The summed E-state index contributed by atoms with van der Waals surface area (Å²) in [6.07, 6.45) is 2.21. The van der Waals surface area contributed by atoms with Crippen LogP contribution < -0.4 is 0 Å². The number of hydrogen-bond donors (Lipinski definition) is 0. The summed E-state index contributed by atoms with van der Waals surface area (Å²) in [4.78, 5) is 14.3. The molecule has 1 atom stereocenters. The molecule has 0 radical (unpaired) electrons. The van der Waals surface area contributed by atoms with Crippen molar-refractivity contribution in [3.63, 3.8) is 0 Å². The van der Waals surface area contributed by atoms with Gasteiger partial charge in [-0.15, -0.1) is 0 Å². The number of likely N-dealkylation sites (tertiary alicyclic amines) is 1. The van der Waals surface area contributed by atoms with Gasteiger partial charge in [-0.1, -0.05) is 28.1 Å². The highest BCUT2D eigenvalue weighted by molar-refractivity contribution is 9.10. The van der Waals surface area contributed by atoms with Crippen LogP contribution in [0.25, 0.3) is 0 Å². The van der Waals surface area contributed by atoms with E-state index >= 15 is 0 Å². The quantitative estimate of drug-likeness (QED) is 0.713. The predicted octanol–water partition coefficient (Wildman–Crippen LogP) is 2.12. The van der Waals surface area contributed by atoms with Crippen molar-refractivity contribution in [2.45, 2.75) is 37.3 Å². The van der Waals surface area contributed by atoms with E-state index in [4.69, 9.17) is 9.47 Å². The second-order valence-electron chi connectivity index (χ2n) is 6.42. The summed E-state index contributed by atoms with van der Waals surface area (Å²) in [5.41, 5.74) is 0.667. The van der Waals surface area contributed by atoms with Gasteiger partial charge in [-0.25, -0.2) is 8.42 Å². The Morgan fingerprint density at radius 1 is 1.24 bits per heavy atom. The number of ether oxygens (including phenoxy) is 2. The van der Waals surface area contributed by atoms with Crippen LogP contribution in [-0.4, -0.2) is 57.1 Å². The Balaban J connectivity index is 1.66. The van der Waals surface area contributed by atoms with Gasteiger partial charge < -0.3 is 14.4 Å². The molecule has 1 aromatic rings. The lowest BCUT2D eigenvalue weighted by Gasteiger charge is -2.38. The molecule has 0 aromatic heterocycles. The van der Waals surface area contributed by atoms with Crippen molar-refractivity contribution in [3.05, 3.63) is 34.3 Å². The molecular weight excluding hydrogens is 410 g/mol. The molecule has 2 saturated heterocycles. The average molecular weight is 432 g/mol. The summed E-state index contributed by atoms with van der Waals surface area (Å²) in [7, 11) is -3.54. The molecule has 0 bridgehead atoms. The standard InChI is InChI=1S/C17H22BrNO5S/c18-14-5-3-4-13(10-14)11-25(21,22)12-16(20)19-7-2-1-6-15(19)17-23-8-9-24-17/h3-5,10,15,17H,1-2,6-9,11-12H2. The van der Waals surface area contributed by atoms with Gasteiger partial charge in [-0.3, -0.25) is 4.79 Å². The summed E-state index contributed by atoms with van der Waals surface area (Å²) < 4.78 is 36.8. The van der Waals surface area contributed by atoms with E-state index in [1.165, 1.54) is 0 Å². The largest absolute Gasteiger partial charge is 0.348 e. The smallest absolute Gasteiger partial charge is 0.238 e. The summed E-state index contributed by atoms with van der Waals surface area (Å²) >= 11 is 3.33. The molecule has 6 nitrogen and oxygen atoms in total. The molecule has 0 aliphatic carbocycles. The highest BCUT2D eigenvalue weighted by Crippen LogP contribution is 2.25. The van der Waals surface area contributed by atoms with Gasteiger partial charge in [0.05, 0.1) is 25.0 Å². The zero-order valence-electron chi connectivity index (χ0n) is 13.9. The Kier molecular flexibility index (Phi) is 6.14. The fourth-order valence-electron chi connectivity index (χ4n) is 3.35. The molecule has 0 N–H and O–H groups in total. The molecule has 2 aliphatic heterocycles. The van der Waals surface area contributed by atoms with Gasteiger partial charge in [-0.05, 0) is 37.0 Å². The van der Waals surface area contributed by atoms with Crippen LogP contribution in [0.15, 0.2) is 28.7 Å². The Labute approximate surface area is 156 Å². The molecular formula is C17H22BrNO5S. The zero-order valence-corrected chi connectivity index (χ0v) is 16.3. The number of nitrogens with zero attached hydrogens (tertiary/aromatic N) is 1. The molecule has 138 valence electrons. The summed E-state index contributed by atoms with van der Waals surface area (Å²) in [5, 5.41) is 0. The van der Waals surface area contributed by atoms with Crippen LogP contribution in [-0.2, 0) is 29.9 Å². The van der Waals surface area contributed by atoms with Crippen molar-refractivity contribution in [2.75, 3.05) is 25.5 Å². The van der Waals surface area contributed by atoms with E-state index in [9.17, 15) is 13.2 Å². The first kappa shape index (κ1) is 18.8. The molecule has 25 heavy (non-hydrogen) atoms. The lowest BCUT2D eigenvalue weighted by atomic mass is 10.0. The number of hydrogen-bond acceptors (Lipinski definition) is 5. The summed E-state index contributed by atoms with van der Waals surface area (Å²) in [6, 6.07) is 6.93. The molecule has 1 amide bonds. The van der Waals surface area contributed by atoms with E-state index in [-0.39, 0.29) is 17.7 Å². The Bertz CT molecular complexity index is 718. The number of halogens is 1. The molecule has 0 saturated carbocycles. The molecule has 8 heteroatoms. The number of rotatable bonds is 5. The van der Waals surface area contributed by atoms with E-state index < -0.39 is 21.9 Å². The van der Waals surface area contributed by atoms with Gasteiger partial charge >= 0.3 is 0 Å². The van der Waals surface area contributed by atoms with Crippen LogP contribution in [0.2, 0.25) is 0 Å². The minimum Gasteiger partial charge on any atom is -0.348 e. The lowest BCUT2D eigenvalue weighted by Crippen LogP contribution is -2.51. The second-order valence-corrected chi connectivity index (χ2v) is 9.40. The zero-order chi connectivity index (χ0) is 17.9. The topological polar surface area (TPSA) is 72.9 Å². The SMILES string of the molecule is O=C(CS(=O)(=O)Cc1cccc(Br)c1)N1CCCCC1C1OCCO1. The summed E-state index contributed by atoms with van der Waals surface area (Å²) in [5.74, 6) is -0.991. The molecule has 2 fully saturated rings. The van der Waals surface area contributed by atoms with Crippen LogP contribution >= 0.6 is 15.9 Å². The van der Waals surface area contributed by atoms with Crippen molar-refractivity contribution in [3.8, 4) is 0 Å². The van der Waals surface area contributed by atoms with Gasteiger partial charge in [0, 0.05) is 11.0 Å². The lowest BCUT2D eigenvalue weighted by molar-refractivity contribution is -0.148. The first-order valence-electron chi connectivity index (χ1n) is 8.42. The minimum atomic E-state index is -3.54. The monoisotopic (exact) mass is 431 g/mol. The van der Waals surface area contributed by atoms with Gasteiger partial charge in [0.25, 0.3) is 0 Å². The van der Waals surface area contributed by atoms with Crippen LogP contribution in [0.4, 0.5) is 0 Å². The number of carbonyl (C=O) groups excluding carboxylic acids is 1. The third kappa shape index (κ3) is 5.03. The third-order valence-electron chi connectivity index (χ3n) is 4.45. The maximum atomic E-state index is 12.7. The molecule has 1 unspecified atom stereocenters. The van der Waals surface area contributed by atoms with E-state index in [0.29, 0.717) is 25.3 Å². The van der Waals surface area contributed by atoms with Gasteiger partial charge in [0.1, 0.15) is 5.75 Å². The van der Waals surface area contributed by atoms with Crippen molar-refractivity contribution in [1.82, 2.24) is 4.90 Å². The fraction of sp³-hybridized carbons (Fsp3) is 0.588. The van der Waals surface area contributed by atoms with Crippen molar-refractivity contribution < 1.29 is 22.7 Å². The van der Waals surface area contributed by atoms with Crippen LogP contribution in [0.3, 0.4) is 0 Å². The Morgan fingerprint density at radius 3 is 2.72 bits per heavy atom. The number of carbonyl (C=O) groups is 1. The predicted molar refractivity (Wildman–Crippen MR) is 96.7 cm³/mol. The van der Waals surface area contributed by atoms with Crippen molar-refractivity contribution in [1.29, 1.82) is 0 Å². The minimum absolute atomic E-state index is 0.146. The van der Waals surface area contributed by atoms with E-state index in [1.54, 1.807) is 23.1 Å². The first-order valence-corrected chi connectivity index (χ1v) is 11.0. The van der Waals surface area contributed by atoms with Gasteiger partial charge in [-0.2, -0.15) is 0 Å². The molecule has 1 aromatic carbocycles. The fourth-order valence-corrected chi connectivity index (χ4v) is 5.13. The highest BCUT2D eigenvalue weighted by atomic mass is 79.9. The van der Waals surface area contributed by atoms with E-state index in [2.05, 4.69) is 15.9 Å². The maximum absolute atomic E-state index is 12.7. The molecule has 2 heterocycles. The van der Waals surface area contributed by atoms with Crippen molar-refractivity contribution >= 4 is 31.7 Å². The number of amides is 1. The first-order chi connectivity index (χ1) is 11.9. The normalized spacial score (nSPS) is 22.3. The van der Waals surface area contributed by atoms with Gasteiger partial charge in [0.2, 0.25) is 5.91 Å². The van der Waals surface area contributed by atoms with E-state index in [1.807, 2.05) is 6.07 Å². The average Bonchev–Trinajstić information content (AvgIpc) is 3.08. The second kappa shape index (κ2) is 8.16. The number of piperidine rings is 1. The Hall–Kier alpha value is -0.960. The number of sulfone groups is 1. The summed E-state index contributed by atoms with van der Waals surface area (Å²) in [6.45, 7) is 1.59. The van der Waals surface area contributed by atoms with Crippen LogP contribution in [0, 0.1) is 0 Å². The molecule has 2 aliphatic rings. The van der Waals surface area contributed by atoms with E-state index in [0.717, 1.165) is 23.7 Å². The molecule has 3 rings (SSSR count). The van der Waals surface area contributed by atoms with Gasteiger partial charge in [0.15, 0.2) is 16.1 Å².